The molecule has 5 nitrogen and oxygen atoms in total. The maximum absolute atomic E-state index is 12.3. The number of nitrogens with two attached hydrogens (primary N) is 1. The first-order valence-corrected chi connectivity index (χ1v) is 6.82. The van der Waals surface area contributed by atoms with Crippen LogP contribution in [0.25, 0.3) is 0 Å². The Kier molecular flexibility index (Phi) is 4.37. The van der Waals surface area contributed by atoms with Crippen LogP contribution in [0.3, 0.4) is 0 Å². The number of nitrogen functional groups attached to an aromatic ring is 1. The van der Waals surface area contributed by atoms with Gasteiger partial charge in [0.15, 0.2) is 0 Å². The molecule has 1 aliphatic heterocycles. The van der Waals surface area contributed by atoms with E-state index in [4.69, 9.17) is 5.73 Å². The van der Waals surface area contributed by atoms with Gasteiger partial charge in [-0.1, -0.05) is 6.92 Å². The van der Waals surface area contributed by atoms with E-state index in [0.29, 0.717) is 17.3 Å². The third-order valence-electron chi connectivity index (χ3n) is 3.82. The molecule has 0 aromatic carbocycles. The molecule has 0 spiro atoms. The number of aromatic nitrogens is 1. The highest BCUT2D eigenvalue weighted by Gasteiger charge is 2.26. The number of likely N-dealkylation sites (N-methyl/N-ethyl adjacent to an activating group) is 2. The van der Waals surface area contributed by atoms with Crippen LogP contribution in [0.1, 0.15) is 30.1 Å². The summed E-state index contributed by atoms with van der Waals surface area (Å²) in [7, 11) is 1.84. The van der Waals surface area contributed by atoms with Crippen molar-refractivity contribution in [2.24, 2.45) is 0 Å². The Morgan fingerprint density at radius 2 is 2.42 bits per heavy atom. The quantitative estimate of drug-likeness (QED) is 0.886. The maximum atomic E-state index is 12.3. The smallest absolute Gasteiger partial charge is 0.255 e. The summed E-state index contributed by atoms with van der Waals surface area (Å²) in [6.07, 6.45) is 5.51. The Hall–Kier alpha value is -1.62. The number of anilines is 1. The van der Waals surface area contributed by atoms with Crippen molar-refractivity contribution in [2.75, 3.05) is 32.4 Å². The van der Waals surface area contributed by atoms with E-state index in [1.165, 1.54) is 12.6 Å². The summed E-state index contributed by atoms with van der Waals surface area (Å²) in [6, 6.07) is 2.16. The van der Waals surface area contributed by atoms with Gasteiger partial charge in [0, 0.05) is 25.8 Å². The Bertz CT molecular complexity index is 449. The summed E-state index contributed by atoms with van der Waals surface area (Å²) in [5.74, 6) is -0.0251. The second-order valence-corrected chi connectivity index (χ2v) is 5.07. The van der Waals surface area contributed by atoms with E-state index < -0.39 is 0 Å². The Morgan fingerprint density at radius 1 is 1.63 bits per heavy atom. The van der Waals surface area contributed by atoms with Gasteiger partial charge in [0.1, 0.15) is 0 Å². The van der Waals surface area contributed by atoms with Gasteiger partial charge in [0.05, 0.1) is 17.4 Å². The van der Waals surface area contributed by atoms with Crippen molar-refractivity contribution in [1.29, 1.82) is 0 Å². The molecule has 0 aliphatic carbocycles. The molecular formula is C14H22N4O. The molecule has 1 aliphatic rings. The predicted octanol–water partition coefficient (Wildman–Crippen LogP) is 1.22. The first kappa shape index (κ1) is 13.8. The maximum Gasteiger partial charge on any atom is 0.255 e. The average Bonchev–Trinajstić information content (AvgIpc) is 2.85. The molecule has 2 heterocycles. The SMILES string of the molecule is CCN1CCCC1CN(C)C(=O)c1ccncc1N. The molecule has 0 radical (unpaired) electrons. The number of likely N-dealkylation sites (tertiary alicyclic amines) is 1. The summed E-state index contributed by atoms with van der Waals surface area (Å²) in [4.78, 5) is 20.5. The lowest BCUT2D eigenvalue weighted by Crippen LogP contribution is -2.41. The number of amides is 1. The summed E-state index contributed by atoms with van der Waals surface area (Å²) < 4.78 is 0. The summed E-state index contributed by atoms with van der Waals surface area (Å²) in [5.41, 5.74) is 6.78. The van der Waals surface area contributed by atoms with E-state index in [1.807, 2.05) is 7.05 Å². The van der Waals surface area contributed by atoms with Gasteiger partial charge in [0.25, 0.3) is 5.91 Å². The van der Waals surface area contributed by atoms with Crippen molar-refractivity contribution in [3.63, 3.8) is 0 Å². The third kappa shape index (κ3) is 3.04. The Balaban J connectivity index is 2.02. The molecule has 104 valence electrons. The lowest BCUT2D eigenvalue weighted by Gasteiger charge is -2.28. The molecule has 1 amide bonds. The molecule has 5 heteroatoms. The van der Waals surface area contributed by atoms with Crippen LogP contribution in [0.4, 0.5) is 5.69 Å². The summed E-state index contributed by atoms with van der Waals surface area (Å²) in [5, 5.41) is 0. The summed E-state index contributed by atoms with van der Waals surface area (Å²) in [6.45, 7) is 5.11. The van der Waals surface area contributed by atoms with E-state index >= 15 is 0 Å². The minimum Gasteiger partial charge on any atom is -0.397 e. The van der Waals surface area contributed by atoms with Crippen LogP contribution in [0.5, 0.6) is 0 Å². The topological polar surface area (TPSA) is 62.5 Å². The molecule has 1 unspecified atom stereocenters. The van der Waals surface area contributed by atoms with E-state index in [1.54, 1.807) is 17.2 Å². The molecule has 1 aromatic rings. The fourth-order valence-electron chi connectivity index (χ4n) is 2.72. The monoisotopic (exact) mass is 262 g/mol. The van der Waals surface area contributed by atoms with Crippen LogP contribution in [0.2, 0.25) is 0 Å². The Labute approximate surface area is 114 Å². The van der Waals surface area contributed by atoms with Crippen LogP contribution in [-0.4, -0.2) is 53.4 Å². The highest BCUT2D eigenvalue weighted by atomic mass is 16.2. The van der Waals surface area contributed by atoms with Gasteiger partial charge in [0.2, 0.25) is 0 Å². The van der Waals surface area contributed by atoms with Gasteiger partial charge in [-0.05, 0) is 32.0 Å². The first-order valence-electron chi connectivity index (χ1n) is 6.82. The molecule has 1 saturated heterocycles. The zero-order valence-corrected chi connectivity index (χ0v) is 11.7. The lowest BCUT2D eigenvalue weighted by atomic mass is 10.1. The largest absolute Gasteiger partial charge is 0.397 e. The van der Waals surface area contributed by atoms with E-state index in [-0.39, 0.29) is 5.91 Å². The van der Waals surface area contributed by atoms with Crippen molar-refractivity contribution in [2.45, 2.75) is 25.8 Å². The molecule has 1 fully saturated rings. The number of nitrogens with zero attached hydrogens (tertiary/aromatic N) is 3. The van der Waals surface area contributed by atoms with Gasteiger partial charge in [-0.2, -0.15) is 0 Å². The summed E-state index contributed by atoms with van der Waals surface area (Å²) >= 11 is 0. The fourth-order valence-corrected chi connectivity index (χ4v) is 2.72. The van der Waals surface area contributed by atoms with Gasteiger partial charge in [-0.15, -0.1) is 0 Å². The molecular weight excluding hydrogens is 240 g/mol. The highest BCUT2D eigenvalue weighted by Crippen LogP contribution is 2.19. The van der Waals surface area contributed by atoms with E-state index in [0.717, 1.165) is 26.1 Å². The van der Waals surface area contributed by atoms with Crippen LogP contribution in [0, 0.1) is 0 Å². The zero-order valence-electron chi connectivity index (χ0n) is 11.7. The standard InChI is InChI=1S/C14H22N4O/c1-3-18-8-4-5-11(18)10-17(2)14(19)12-6-7-16-9-13(12)15/h6-7,9,11H,3-5,8,10,15H2,1-2H3. The number of hydrogen-bond donors (Lipinski definition) is 1. The lowest BCUT2D eigenvalue weighted by molar-refractivity contribution is 0.0755. The number of hydrogen-bond acceptors (Lipinski definition) is 4. The number of rotatable bonds is 4. The van der Waals surface area contributed by atoms with Crippen LogP contribution in [0.15, 0.2) is 18.5 Å². The van der Waals surface area contributed by atoms with Crippen molar-refractivity contribution in [3.8, 4) is 0 Å². The second kappa shape index (κ2) is 6.02. The zero-order chi connectivity index (χ0) is 13.8. The van der Waals surface area contributed by atoms with Crippen LogP contribution in [-0.2, 0) is 0 Å². The molecule has 0 saturated carbocycles. The molecule has 2 rings (SSSR count). The van der Waals surface area contributed by atoms with E-state index in [9.17, 15) is 4.79 Å². The minimum atomic E-state index is -0.0251. The first-order chi connectivity index (χ1) is 9.13. The van der Waals surface area contributed by atoms with Crippen LogP contribution < -0.4 is 5.73 Å². The Morgan fingerprint density at radius 3 is 3.11 bits per heavy atom. The number of carbonyl (C=O) groups is 1. The van der Waals surface area contributed by atoms with Gasteiger partial charge in [-0.3, -0.25) is 14.7 Å². The normalized spacial score (nSPS) is 19.6. The predicted molar refractivity (Wildman–Crippen MR) is 75.9 cm³/mol. The van der Waals surface area contributed by atoms with Gasteiger partial charge in [-0.25, -0.2) is 0 Å². The number of carbonyl (C=O) groups excluding carboxylic acids is 1. The third-order valence-corrected chi connectivity index (χ3v) is 3.82. The molecule has 1 aromatic heterocycles. The van der Waals surface area contributed by atoms with Gasteiger partial charge >= 0.3 is 0 Å². The minimum absolute atomic E-state index is 0.0251. The molecule has 1 atom stereocenters. The molecule has 0 bridgehead atoms. The van der Waals surface area contributed by atoms with Crippen molar-refractivity contribution >= 4 is 11.6 Å². The van der Waals surface area contributed by atoms with E-state index in [2.05, 4.69) is 16.8 Å². The highest BCUT2D eigenvalue weighted by molar-refractivity contribution is 5.98. The molecule has 19 heavy (non-hydrogen) atoms. The van der Waals surface area contributed by atoms with Crippen molar-refractivity contribution < 1.29 is 4.79 Å². The van der Waals surface area contributed by atoms with Gasteiger partial charge < -0.3 is 10.6 Å². The van der Waals surface area contributed by atoms with Crippen molar-refractivity contribution in [3.05, 3.63) is 24.0 Å². The fraction of sp³-hybridized carbons (Fsp3) is 0.571. The average molecular weight is 262 g/mol. The molecule has 2 N–H and O–H groups in total. The number of pyridine rings is 1. The second-order valence-electron chi connectivity index (χ2n) is 5.07. The van der Waals surface area contributed by atoms with Crippen molar-refractivity contribution in [1.82, 2.24) is 14.8 Å². The van der Waals surface area contributed by atoms with Crippen LogP contribution >= 0.6 is 0 Å².